The van der Waals surface area contributed by atoms with E-state index in [-0.39, 0.29) is 0 Å². The Balaban J connectivity index is 1.97. The summed E-state index contributed by atoms with van der Waals surface area (Å²) in [5, 5.41) is 3.51. The molecule has 1 aromatic rings. The first-order valence-electron chi connectivity index (χ1n) is 7.25. The summed E-state index contributed by atoms with van der Waals surface area (Å²) in [4.78, 5) is 4.03. The fourth-order valence-corrected chi connectivity index (χ4v) is 2.43. The lowest BCUT2D eigenvalue weighted by molar-refractivity contribution is 0.504. The topological polar surface area (TPSA) is 64.1 Å². The van der Waals surface area contributed by atoms with Crippen LogP contribution in [-0.4, -0.2) is 11.0 Å². The van der Waals surface area contributed by atoms with Gasteiger partial charge in [-0.25, -0.2) is 4.98 Å². The van der Waals surface area contributed by atoms with Gasteiger partial charge in [0, 0.05) is 17.8 Å². The van der Waals surface area contributed by atoms with Crippen LogP contribution in [0, 0.1) is 0 Å². The Morgan fingerprint density at radius 2 is 2.10 bits per heavy atom. The average Bonchev–Trinajstić information content (AvgIpc) is 2.81. The second kappa shape index (κ2) is 7.58. The summed E-state index contributed by atoms with van der Waals surface area (Å²) in [5.41, 5.74) is 7.30. The summed E-state index contributed by atoms with van der Waals surface area (Å²) in [6.07, 6.45) is 16.4. The second-order valence-corrected chi connectivity index (χ2v) is 5.17. The summed E-state index contributed by atoms with van der Waals surface area (Å²) in [6.45, 7) is 3.83. The molecule has 0 aromatic carbocycles. The molecule has 0 unspecified atom stereocenters. The number of oxazole rings is 1. The normalized spacial score (nSPS) is 18.1. The Labute approximate surface area is 120 Å². The van der Waals surface area contributed by atoms with E-state index >= 15 is 0 Å². The fraction of sp³-hybridized carbons (Fsp3) is 0.438. The van der Waals surface area contributed by atoms with Crippen LogP contribution in [0.25, 0.3) is 6.08 Å². The SMILES string of the molecule is C=C(N)/C(=C\C=C\c1ncco1)NC1CCCCCC1. The van der Waals surface area contributed by atoms with Gasteiger partial charge in [0.05, 0.1) is 11.9 Å². The molecule has 4 heteroatoms. The van der Waals surface area contributed by atoms with E-state index in [0.717, 1.165) is 5.70 Å². The van der Waals surface area contributed by atoms with Crippen molar-refractivity contribution in [2.75, 3.05) is 0 Å². The largest absolute Gasteiger partial charge is 0.445 e. The highest BCUT2D eigenvalue weighted by Crippen LogP contribution is 2.18. The number of hydrogen-bond acceptors (Lipinski definition) is 4. The minimum absolute atomic E-state index is 0.499. The van der Waals surface area contributed by atoms with Gasteiger partial charge < -0.3 is 15.5 Å². The number of aromatic nitrogens is 1. The predicted molar refractivity (Wildman–Crippen MR) is 81.6 cm³/mol. The van der Waals surface area contributed by atoms with E-state index in [1.54, 1.807) is 18.5 Å². The zero-order valence-corrected chi connectivity index (χ0v) is 11.8. The van der Waals surface area contributed by atoms with Crippen LogP contribution in [0.4, 0.5) is 0 Å². The first-order valence-corrected chi connectivity index (χ1v) is 7.25. The summed E-state index contributed by atoms with van der Waals surface area (Å²) >= 11 is 0. The molecule has 0 saturated heterocycles. The van der Waals surface area contributed by atoms with Gasteiger partial charge in [0.2, 0.25) is 5.89 Å². The molecule has 1 heterocycles. The lowest BCUT2D eigenvalue weighted by Crippen LogP contribution is -2.29. The standard InChI is InChI=1S/C16H23N3O/c1-13(17)15(9-6-10-16-18-11-12-20-16)19-14-7-4-2-3-5-8-14/h6,9-12,14,19H,1-5,7-8,17H2/b10-6+,15-9+. The van der Waals surface area contributed by atoms with E-state index < -0.39 is 0 Å². The van der Waals surface area contributed by atoms with Gasteiger partial charge in [-0.3, -0.25) is 0 Å². The van der Waals surface area contributed by atoms with E-state index in [1.807, 2.05) is 12.2 Å². The van der Waals surface area contributed by atoms with Crippen molar-refractivity contribution in [1.82, 2.24) is 10.3 Å². The van der Waals surface area contributed by atoms with Crippen LogP contribution in [-0.2, 0) is 0 Å². The smallest absolute Gasteiger partial charge is 0.218 e. The first kappa shape index (κ1) is 14.4. The molecule has 1 aliphatic carbocycles. The number of rotatable bonds is 5. The molecule has 0 amide bonds. The maximum atomic E-state index is 5.85. The van der Waals surface area contributed by atoms with Crippen molar-refractivity contribution in [3.05, 3.63) is 48.5 Å². The maximum Gasteiger partial charge on any atom is 0.218 e. The molecule has 0 atom stereocenters. The molecule has 1 aliphatic rings. The molecular weight excluding hydrogens is 250 g/mol. The Morgan fingerprint density at radius 3 is 2.70 bits per heavy atom. The number of hydrogen-bond donors (Lipinski definition) is 2. The molecule has 1 fully saturated rings. The van der Waals surface area contributed by atoms with Crippen LogP contribution in [0.5, 0.6) is 0 Å². The van der Waals surface area contributed by atoms with Gasteiger partial charge >= 0.3 is 0 Å². The van der Waals surface area contributed by atoms with Gasteiger partial charge in [-0.1, -0.05) is 38.3 Å². The lowest BCUT2D eigenvalue weighted by atomic mass is 10.1. The van der Waals surface area contributed by atoms with Crippen LogP contribution >= 0.6 is 0 Å². The van der Waals surface area contributed by atoms with Crippen LogP contribution in [0.2, 0.25) is 0 Å². The quantitative estimate of drug-likeness (QED) is 0.638. The summed E-state index contributed by atoms with van der Waals surface area (Å²) in [5.74, 6) is 0.581. The van der Waals surface area contributed by atoms with E-state index in [1.165, 1.54) is 38.5 Å². The molecule has 20 heavy (non-hydrogen) atoms. The molecule has 108 valence electrons. The third-order valence-corrected chi connectivity index (χ3v) is 3.51. The van der Waals surface area contributed by atoms with Gasteiger partial charge in [0.25, 0.3) is 0 Å². The number of allylic oxidation sites excluding steroid dienone is 2. The van der Waals surface area contributed by atoms with Gasteiger partial charge in [-0.05, 0) is 18.9 Å². The summed E-state index contributed by atoms with van der Waals surface area (Å²) in [6, 6.07) is 0.499. The van der Waals surface area contributed by atoms with E-state index in [9.17, 15) is 0 Å². The van der Waals surface area contributed by atoms with Crippen LogP contribution in [0.3, 0.4) is 0 Å². The zero-order valence-electron chi connectivity index (χ0n) is 11.8. The van der Waals surface area contributed by atoms with Crippen molar-refractivity contribution in [2.24, 2.45) is 5.73 Å². The van der Waals surface area contributed by atoms with E-state index in [2.05, 4.69) is 16.9 Å². The average molecular weight is 273 g/mol. The molecule has 0 bridgehead atoms. The van der Waals surface area contributed by atoms with Crippen molar-refractivity contribution in [2.45, 2.75) is 44.6 Å². The molecule has 2 rings (SSSR count). The third-order valence-electron chi connectivity index (χ3n) is 3.51. The van der Waals surface area contributed by atoms with Crippen LogP contribution < -0.4 is 11.1 Å². The van der Waals surface area contributed by atoms with E-state index in [0.29, 0.717) is 17.6 Å². The molecule has 1 aromatic heterocycles. The molecule has 0 spiro atoms. The van der Waals surface area contributed by atoms with Crippen LogP contribution in [0.15, 0.2) is 47.0 Å². The summed E-state index contributed by atoms with van der Waals surface area (Å²) < 4.78 is 5.14. The van der Waals surface area contributed by atoms with Gasteiger partial charge in [0.15, 0.2) is 0 Å². The van der Waals surface area contributed by atoms with Crippen LogP contribution in [0.1, 0.15) is 44.4 Å². The monoisotopic (exact) mass is 273 g/mol. The minimum Gasteiger partial charge on any atom is -0.445 e. The second-order valence-electron chi connectivity index (χ2n) is 5.17. The molecule has 1 saturated carbocycles. The Kier molecular flexibility index (Phi) is 5.47. The number of nitrogens with zero attached hydrogens (tertiary/aromatic N) is 1. The molecule has 3 N–H and O–H groups in total. The van der Waals surface area contributed by atoms with Gasteiger partial charge in [-0.15, -0.1) is 0 Å². The molecular formula is C16H23N3O. The van der Waals surface area contributed by atoms with Crippen molar-refractivity contribution in [3.8, 4) is 0 Å². The van der Waals surface area contributed by atoms with Crippen molar-refractivity contribution >= 4 is 6.08 Å². The lowest BCUT2D eigenvalue weighted by Gasteiger charge is -2.19. The van der Waals surface area contributed by atoms with Crippen molar-refractivity contribution in [3.63, 3.8) is 0 Å². The maximum absolute atomic E-state index is 5.85. The Bertz CT molecular complexity index is 466. The van der Waals surface area contributed by atoms with Gasteiger partial charge in [0.1, 0.15) is 6.26 Å². The molecule has 0 aliphatic heterocycles. The molecule has 4 nitrogen and oxygen atoms in total. The zero-order chi connectivity index (χ0) is 14.2. The minimum atomic E-state index is 0.499. The van der Waals surface area contributed by atoms with Gasteiger partial charge in [-0.2, -0.15) is 0 Å². The number of nitrogens with one attached hydrogen (secondary N) is 1. The summed E-state index contributed by atoms with van der Waals surface area (Å²) in [7, 11) is 0. The number of nitrogens with two attached hydrogens (primary N) is 1. The van der Waals surface area contributed by atoms with Crippen molar-refractivity contribution < 1.29 is 4.42 Å². The predicted octanol–water partition coefficient (Wildman–Crippen LogP) is 3.36. The molecule has 0 radical (unpaired) electrons. The highest BCUT2D eigenvalue weighted by Gasteiger charge is 2.13. The first-order chi connectivity index (χ1) is 9.75. The van der Waals surface area contributed by atoms with E-state index in [4.69, 9.17) is 10.2 Å². The third kappa shape index (κ3) is 4.61. The fourth-order valence-electron chi connectivity index (χ4n) is 2.43. The highest BCUT2D eigenvalue weighted by molar-refractivity contribution is 5.43. The Hall–Kier alpha value is -1.97. The Morgan fingerprint density at radius 1 is 1.35 bits per heavy atom. The highest BCUT2D eigenvalue weighted by atomic mass is 16.3. The van der Waals surface area contributed by atoms with Crippen molar-refractivity contribution in [1.29, 1.82) is 0 Å².